The molecule has 2 atom stereocenters. The summed E-state index contributed by atoms with van der Waals surface area (Å²) < 4.78 is 5.53. The third-order valence-electron chi connectivity index (χ3n) is 3.52. The highest BCUT2D eigenvalue weighted by Crippen LogP contribution is 2.24. The van der Waals surface area contributed by atoms with Crippen molar-refractivity contribution in [1.29, 1.82) is 0 Å². The predicted molar refractivity (Wildman–Crippen MR) is 90.1 cm³/mol. The van der Waals surface area contributed by atoms with E-state index in [0.29, 0.717) is 25.0 Å². The van der Waals surface area contributed by atoms with Crippen molar-refractivity contribution in [2.24, 2.45) is 0 Å². The van der Waals surface area contributed by atoms with Crippen LogP contribution in [0.4, 0.5) is 0 Å². The van der Waals surface area contributed by atoms with E-state index in [1.54, 1.807) is 0 Å². The highest BCUT2D eigenvalue weighted by molar-refractivity contribution is 7.99. The first kappa shape index (κ1) is 17.1. The van der Waals surface area contributed by atoms with Gasteiger partial charge < -0.3 is 15.2 Å². The topological polar surface area (TPSA) is 41.5 Å². The van der Waals surface area contributed by atoms with Crippen molar-refractivity contribution >= 4 is 23.4 Å². The van der Waals surface area contributed by atoms with Crippen molar-refractivity contribution in [3.05, 3.63) is 34.9 Å². The molecule has 0 spiro atoms. The average molecular weight is 330 g/mol. The number of rotatable bonds is 8. The Balaban J connectivity index is 1.52. The zero-order valence-electron chi connectivity index (χ0n) is 12.3. The normalized spacial score (nSPS) is 20.4. The van der Waals surface area contributed by atoms with Gasteiger partial charge in [0.25, 0.3) is 0 Å². The van der Waals surface area contributed by atoms with E-state index < -0.39 is 6.10 Å². The summed E-state index contributed by atoms with van der Waals surface area (Å²) in [7, 11) is 0. The smallest absolute Gasteiger partial charge is 0.0897 e. The molecule has 1 fully saturated rings. The molecule has 0 amide bonds. The summed E-state index contributed by atoms with van der Waals surface area (Å²) in [6.07, 6.45) is 3.53. The maximum absolute atomic E-state index is 9.89. The molecule has 1 aromatic rings. The van der Waals surface area contributed by atoms with E-state index in [1.807, 2.05) is 36.0 Å². The van der Waals surface area contributed by atoms with Gasteiger partial charge in [0.2, 0.25) is 0 Å². The Morgan fingerprint density at radius 3 is 2.86 bits per heavy atom. The van der Waals surface area contributed by atoms with Gasteiger partial charge >= 0.3 is 0 Å². The molecule has 0 radical (unpaired) electrons. The van der Waals surface area contributed by atoms with E-state index in [9.17, 15) is 5.11 Å². The molecule has 0 saturated carbocycles. The van der Waals surface area contributed by atoms with Crippen LogP contribution < -0.4 is 5.32 Å². The molecule has 2 unspecified atom stereocenters. The lowest BCUT2D eigenvalue weighted by Crippen LogP contribution is -2.35. The molecule has 1 aliphatic rings. The van der Waals surface area contributed by atoms with Crippen LogP contribution in [-0.2, 0) is 11.3 Å². The lowest BCUT2D eigenvalue weighted by atomic mass is 10.2. The maximum atomic E-state index is 9.89. The number of hydrogen-bond acceptors (Lipinski definition) is 4. The van der Waals surface area contributed by atoms with Crippen LogP contribution in [-0.4, -0.2) is 41.9 Å². The van der Waals surface area contributed by atoms with Gasteiger partial charge in [-0.1, -0.05) is 30.2 Å². The summed E-state index contributed by atoms with van der Waals surface area (Å²) >= 11 is 7.87. The highest BCUT2D eigenvalue weighted by Gasteiger charge is 2.13. The minimum Gasteiger partial charge on any atom is -0.389 e. The van der Waals surface area contributed by atoms with Gasteiger partial charge in [-0.05, 0) is 36.3 Å². The van der Waals surface area contributed by atoms with Gasteiger partial charge in [-0.3, -0.25) is 0 Å². The number of thioether (sulfide) groups is 1. The molecule has 5 heteroatoms. The summed E-state index contributed by atoms with van der Waals surface area (Å²) in [6.45, 7) is 2.44. The Morgan fingerprint density at radius 1 is 1.33 bits per heavy atom. The molecule has 1 saturated heterocycles. The first-order chi connectivity index (χ1) is 10.2. The molecule has 118 valence electrons. The zero-order valence-corrected chi connectivity index (χ0v) is 13.8. The maximum Gasteiger partial charge on any atom is 0.0897 e. The Bertz CT molecular complexity index is 396. The second-order valence-corrected chi connectivity index (χ2v) is 7.29. The second-order valence-electron chi connectivity index (χ2n) is 5.44. The van der Waals surface area contributed by atoms with Gasteiger partial charge in [-0.15, -0.1) is 0 Å². The van der Waals surface area contributed by atoms with Crippen LogP contribution in [0.2, 0.25) is 5.02 Å². The largest absolute Gasteiger partial charge is 0.389 e. The van der Waals surface area contributed by atoms with Gasteiger partial charge in [-0.2, -0.15) is 11.8 Å². The van der Waals surface area contributed by atoms with E-state index in [0.717, 1.165) is 17.1 Å². The van der Waals surface area contributed by atoms with Crippen LogP contribution in [0.5, 0.6) is 0 Å². The fourth-order valence-corrected chi connectivity index (χ4v) is 3.73. The number of nitrogens with one attached hydrogen (secondary N) is 1. The van der Waals surface area contributed by atoms with Crippen molar-refractivity contribution in [3.8, 4) is 0 Å². The van der Waals surface area contributed by atoms with Crippen LogP contribution in [0.3, 0.4) is 0 Å². The summed E-state index contributed by atoms with van der Waals surface area (Å²) in [5.41, 5.74) is 1.07. The van der Waals surface area contributed by atoms with Crippen LogP contribution in [0.25, 0.3) is 0 Å². The van der Waals surface area contributed by atoms with E-state index in [1.165, 1.54) is 25.0 Å². The molecule has 1 aromatic carbocycles. The molecule has 2 N–H and O–H groups in total. The fourth-order valence-electron chi connectivity index (χ4n) is 2.33. The molecule has 3 nitrogen and oxygen atoms in total. The molecule has 0 bridgehead atoms. The number of halogens is 1. The summed E-state index contributed by atoms with van der Waals surface area (Å²) in [4.78, 5) is 0. The van der Waals surface area contributed by atoms with Crippen molar-refractivity contribution in [1.82, 2.24) is 5.32 Å². The molecule has 2 rings (SSSR count). The Labute approximate surface area is 136 Å². The van der Waals surface area contributed by atoms with E-state index in [2.05, 4.69) is 5.32 Å². The first-order valence-electron chi connectivity index (χ1n) is 7.56. The van der Waals surface area contributed by atoms with E-state index in [4.69, 9.17) is 16.3 Å². The number of aliphatic hydroxyl groups excluding tert-OH is 1. The number of hydrogen-bond donors (Lipinski definition) is 2. The van der Waals surface area contributed by atoms with Crippen molar-refractivity contribution in [2.75, 3.05) is 25.4 Å². The standard InChI is InChI=1S/C16H24ClNO2S/c17-14-6-4-13(5-7-14)11-20-12-15(19)9-18-10-16-3-1-2-8-21-16/h4-7,15-16,18-19H,1-3,8-12H2. The molecule has 1 aliphatic heterocycles. The number of ether oxygens (including phenoxy) is 1. The first-order valence-corrected chi connectivity index (χ1v) is 8.99. The average Bonchev–Trinajstić information content (AvgIpc) is 2.50. The van der Waals surface area contributed by atoms with Crippen molar-refractivity contribution in [2.45, 2.75) is 37.2 Å². The second kappa shape index (κ2) is 9.70. The van der Waals surface area contributed by atoms with Gasteiger partial charge in [0.1, 0.15) is 0 Å². The lowest BCUT2D eigenvalue weighted by molar-refractivity contribution is 0.0290. The zero-order chi connectivity index (χ0) is 14.9. The summed E-state index contributed by atoms with van der Waals surface area (Å²) in [5, 5.41) is 14.7. The van der Waals surface area contributed by atoms with Crippen LogP contribution in [0, 0.1) is 0 Å². The monoisotopic (exact) mass is 329 g/mol. The Kier molecular flexibility index (Phi) is 7.89. The highest BCUT2D eigenvalue weighted by atomic mass is 35.5. The van der Waals surface area contributed by atoms with Gasteiger partial charge in [-0.25, -0.2) is 0 Å². The van der Waals surface area contributed by atoms with Crippen LogP contribution in [0.15, 0.2) is 24.3 Å². The summed E-state index contributed by atoms with van der Waals surface area (Å²) in [5.74, 6) is 1.28. The van der Waals surface area contributed by atoms with E-state index in [-0.39, 0.29) is 0 Å². The molecule has 0 aliphatic carbocycles. The molecule has 1 heterocycles. The Morgan fingerprint density at radius 2 is 2.14 bits per heavy atom. The Hall–Kier alpha value is -0.260. The SMILES string of the molecule is OC(CNCC1CCCCS1)COCc1ccc(Cl)cc1. The minimum absolute atomic E-state index is 0.355. The van der Waals surface area contributed by atoms with Crippen LogP contribution in [0.1, 0.15) is 24.8 Å². The van der Waals surface area contributed by atoms with Gasteiger partial charge in [0.05, 0.1) is 19.3 Å². The molecular weight excluding hydrogens is 306 g/mol. The third-order valence-corrected chi connectivity index (χ3v) is 5.17. The van der Waals surface area contributed by atoms with Crippen molar-refractivity contribution < 1.29 is 9.84 Å². The summed E-state index contributed by atoms with van der Waals surface area (Å²) in [6, 6.07) is 7.57. The molecular formula is C16H24ClNO2S. The predicted octanol–water partition coefficient (Wildman–Crippen LogP) is 3.09. The number of benzene rings is 1. The fraction of sp³-hybridized carbons (Fsp3) is 0.625. The molecule has 21 heavy (non-hydrogen) atoms. The third kappa shape index (κ3) is 7.02. The quantitative estimate of drug-likeness (QED) is 0.769. The van der Waals surface area contributed by atoms with Gasteiger partial charge in [0, 0.05) is 23.4 Å². The van der Waals surface area contributed by atoms with Crippen LogP contribution >= 0.6 is 23.4 Å². The van der Waals surface area contributed by atoms with E-state index >= 15 is 0 Å². The molecule has 0 aromatic heterocycles. The van der Waals surface area contributed by atoms with Gasteiger partial charge in [0.15, 0.2) is 0 Å². The number of aliphatic hydroxyl groups is 1. The van der Waals surface area contributed by atoms with Crippen molar-refractivity contribution in [3.63, 3.8) is 0 Å². The lowest BCUT2D eigenvalue weighted by Gasteiger charge is -2.22. The minimum atomic E-state index is -0.453.